The minimum absolute atomic E-state index is 0.133. The van der Waals surface area contributed by atoms with Crippen molar-refractivity contribution in [1.29, 1.82) is 0 Å². The normalized spacial score (nSPS) is 13.4. The van der Waals surface area contributed by atoms with Crippen molar-refractivity contribution in [1.82, 2.24) is 0 Å². The smallest absolute Gasteiger partial charge is 0.346 e. The molecule has 1 aromatic rings. The summed E-state index contributed by atoms with van der Waals surface area (Å²) in [6, 6.07) is 7.07. The fraction of sp³-hybridized carbons (Fsp3) is 0.700. The fourth-order valence-corrected chi connectivity index (χ4v) is 8.69. The highest BCUT2D eigenvalue weighted by molar-refractivity contribution is 7.72. The summed E-state index contributed by atoms with van der Waals surface area (Å²) >= 11 is 0. The molecule has 0 unspecified atom stereocenters. The van der Waals surface area contributed by atoms with Gasteiger partial charge in [0, 0.05) is 5.69 Å². The summed E-state index contributed by atoms with van der Waals surface area (Å²) < 4.78 is 51.2. The molecule has 0 radical (unpaired) electrons. The predicted octanol–water partition coefficient (Wildman–Crippen LogP) is 6.22. The van der Waals surface area contributed by atoms with Crippen LogP contribution in [0.3, 0.4) is 0 Å². The Morgan fingerprint density at radius 3 is 1.28 bits per heavy atom. The van der Waals surface area contributed by atoms with Crippen molar-refractivity contribution in [2.45, 2.75) is 91.6 Å². The van der Waals surface area contributed by atoms with E-state index in [1.54, 1.807) is 79.7 Å². The van der Waals surface area contributed by atoms with Crippen LogP contribution in [0.25, 0.3) is 0 Å². The quantitative estimate of drug-likeness (QED) is 0.299. The third-order valence-corrected chi connectivity index (χ3v) is 9.94. The molecule has 168 valence electrons. The monoisotopic (exact) mass is 449 g/mol. The second-order valence-electron chi connectivity index (χ2n) is 8.12. The van der Waals surface area contributed by atoms with E-state index >= 15 is 0 Å². The molecule has 0 fully saturated rings. The summed E-state index contributed by atoms with van der Waals surface area (Å²) in [6.07, 6.45) is -1.48. The average molecular weight is 449 g/mol. The summed E-state index contributed by atoms with van der Waals surface area (Å²) in [7, 11) is -7.79. The Kier molecular flexibility index (Phi) is 10.1. The van der Waals surface area contributed by atoms with Gasteiger partial charge in [-0.25, -0.2) is 0 Å². The third-order valence-electron chi connectivity index (χ3n) is 3.56. The predicted molar refractivity (Wildman–Crippen MR) is 118 cm³/mol. The largest absolute Gasteiger partial charge is 0.399 e. The van der Waals surface area contributed by atoms with Crippen LogP contribution in [0, 0.1) is 0 Å². The second-order valence-corrected chi connectivity index (χ2v) is 12.8. The van der Waals surface area contributed by atoms with Gasteiger partial charge in [0.15, 0.2) is 5.40 Å². The molecule has 0 atom stereocenters. The molecule has 0 aliphatic heterocycles. The molecule has 2 N–H and O–H groups in total. The molecule has 0 saturated carbocycles. The lowest BCUT2D eigenvalue weighted by atomic mass is 10.1. The summed E-state index contributed by atoms with van der Waals surface area (Å²) in [5.41, 5.74) is 7.17. The molecule has 1 aromatic carbocycles. The van der Waals surface area contributed by atoms with Crippen molar-refractivity contribution in [3.63, 3.8) is 0 Å². The van der Waals surface area contributed by atoms with Crippen LogP contribution in [0.15, 0.2) is 24.3 Å². The van der Waals surface area contributed by atoms with E-state index in [4.69, 9.17) is 23.8 Å². The standard InChI is InChI=1S/C20H37NO6P2/c1-14(2)24-28(22,25-15(3)4)20(13-18-9-11-19(21)12-10-18)29(23,26-16(5)6)27-17(7)8/h9-12,14-17,20H,13,21H2,1-8H3. The zero-order valence-electron chi connectivity index (χ0n) is 18.8. The van der Waals surface area contributed by atoms with Crippen molar-refractivity contribution in [3.05, 3.63) is 29.8 Å². The van der Waals surface area contributed by atoms with E-state index in [9.17, 15) is 9.13 Å². The molecule has 0 amide bonds. The maximum absolute atomic E-state index is 14.0. The Labute approximate surface area is 175 Å². The van der Waals surface area contributed by atoms with Crippen LogP contribution in [0.4, 0.5) is 5.69 Å². The first-order valence-corrected chi connectivity index (χ1v) is 13.3. The molecule has 0 spiro atoms. The van der Waals surface area contributed by atoms with E-state index in [1.807, 2.05) is 0 Å². The van der Waals surface area contributed by atoms with Crippen molar-refractivity contribution >= 4 is 20.9 Å². The first-order valence-electron chi connectivity index (χ1n) is 10.0. The van der Waals surface area contributed by atoms with Crippen LogP contribution < -0.4 is 5.73 Å². The molecule has 1 rings (SSSR count). The summed E-state index contributed by atoms with van der Waals surface area (Å²) in [5, 5.41) is -1.12. The molecule has 0 aliphatic carbocycles. The maximum atomic E-state index is 14.0. The molecular formula is C20H37NO6P2. The lowest BCUT2D eigenvalue weighted by molar-refractivity contribution is 0.122. The molecule has 0 heterocycles. The minimum Gasteiger partial charge on any atom is -0.399 e. The van der Waals surface area contributed by atoms with Crippen LogP contribution in [0.1, 0.15) is 61.0 Å². The minimum atomic E-state index is -3.90. The van der Waals surface area contributed by atoms with E-state index < -0.39 is 45.0 Å². The van der Waals surface area contributed by atoms with Gasteiger partial charge in [-0.05, 0) is 79.5 Å². The number of hydrogen-bond donors (Lipinski definition) is 1. The lowest BCUT2D eigenvalue weighted by Gasteiger charge is -2.35. The number of rotatable bonds is 12. The highest BCUT2D eigenvalue weighted by Crippen LogP contribution is 2.72. The summed E-state index contributed by atoms with van der Waals surface area (Å²) in [5.74, 6) is 0. The summed E-state index contributed by atoms with van der Waals surface area (Å²) in [6.45, 7) is 14.1. The van der Waals surface area contributed by atoms with Crippen LogP contribution in [-0.2, 0) is 33.6 Å². The zero-order chi connectivity index (χ0) is 22.4. The van der Waals surface area contributed by atoms with Gasteiger partial charge in [0.1, 0.15) is 0 Å². The molecule has 0 aliphatic rings. The van der Waals surface area contributed by atoms with Crippen LogP contribution in [0.2, 0.25) is 0 Å². The first-order chi connectivity index (χ1) is 13.3. The van der Waals surface area contributed by atoms with E-state index in [-0.39, 0.29) is 6.42 Å². The molecule has 9 heteroatoms. The van der Waals surface area contributed by atoms with E-state index in [0.717, 1.165) is 5.56 Å². The van der Waals surface area contributed by atoms with Crippen molar-refractivity contribution < 1.29 is 27.2 Å². The highest BCUT2D eigenvalue weighted by atomic mass is 31.2. The van der Waals surface area contributed by atoms with E-state index in [2.05, 4.69) is 0 Å². The van der Waals surface area contributed by atoms with E-state index in [1.165, 1.54) is 0 Å². The number of nitrogen functional groups attached to an aromatic ring is 1. The van der Waals surface area contributed by atoms with Gasteiger partial charge < -0.3 is 23.8 Å². The highest BCUT2D eigenvalue weighted by Gasteiger charge is 2.52. The van der Waals surface area contributed by atoms with Gasteiger partial charge in [-0.2, -0.15) is 0 Å². The summed E-state index contributed by atoms with van der Waals surface area (Å²) in [4.78, 5) is 0. The molecule has 7 nitrogen and oxygen atoms in total. The Bertz CT molecular complexity index is 652. The molecule has 0 bridgehead atoms. The maximum Gasteiger partial charge on any atom is 0.346 e. The number of nitrogens with two attached hydrogens (primary N) is 1. The van der Waals surface area contributed by atoms with Gasteiger partial charge in [-0.1, -0.05) is 12.1 Å². The number of hydrogen-bond acceptors (Lipinski definition) is 7. The van der Waals surface area contributed by atoms with Gasteiger partial charge in [0.2, 0.25) is 0 Å². The number of benzene rings is 1. The molecule has 0 saturated heterocycles. The number of anilines is 1. The Morgan fingerprint density at radius 1 is 0.690 bits per heavy atom. The molecule has 29 heavy (non-hydrogen) atoms. The second kappa shape index (κ2) is 11.1. The Hall–Kier alpha value is -0.680. The molecular weight excluding hydrogens is 412 g/mol. The fourth-order valence-electron chi connectivity index (χ4n) is 2.77. The van der Waals surface area contributed by atoms with Gasteiger partial charge in [0.05, 0.1) is 24.4 Å². The van der Waals surface area contributed by atoms with Crippen molar-refractivity contribution in [2.24, 2.45) is 0 Å². The lowest BCUT2D eigenvalue weighted by Crippen LogP contribution is -2.25. The van der Waals surface area contributed by atoms with Crippen LogP contribution in [0.5, 0.6) is 0 Å². The van der Waals surface area contributed by atoms with E-state index in [0.29, 0.717) is 5.69 Å². The van der Waals surface area contributed by atoms with Gasteiger partial charge in [-0.15, -0.1) is 0 Å². The van der Waals surface area contributed by atoms with Gasteiger partial charge in [-0.3, -0.25) is 9.13 Å². The topological polar surface area (TPSA) is 97.1 Å². The SMILES string of the molecule is CC(C)OP(=O)(OC(C)C)C(Cc1ccc(N)cc1)P(=O)(OC(C)C)OC(C)C. The van der Waals surface area contributed by atoms with Crippen LogP contribution in [-0.4, -0.2) is 29.8 Å². The first kappa shape index (κ1) is 26.4. The van der Waals surface area contributed by atoms with Crippen molar-refractivity contribution in [3.8, 4) is 0 Å². The Balaban J connectivity index is 3.56. The van der Waals surface area contributed by atoms with Crippen molar-refractivity contribution in [2.75, 3.05) is 5.73 Å². The molecule has 0 aromatic heterocycles. The average Bonchev–Trinajstić information content (AvgIpc) is 2.50. The van der Waals surface area contributed by atoms with Crippen LogP contribution >= 0.6 is 15.2 Å². The Morgan fingerprint density at radius 2 is 1.00 bits per heavy atom. The zero-order valence-corrected chi connectivity index (χ0v) is 20.6. The third kappa shape index (κ3) is 8.53. The van der Waals surface area contributed by atoms with Gasteiger partial charge in [0.25, 0.3) is 0 Å². The van der Waals surface area contributed by atoms with Gasteiger partial charge >= 0.3 is 15.2 Å².